The Hall–Kier alpha value is -1.85. The molecule has 2 saturated carbocycles. The van der Waals surface area contributed by atoms with E-state index in [2.05, 4.69) is 14.4 Å². The monoisotopic (exact) mass is 489 g/mol. The summed E-state index contributed by atoms with van der Waals surface area (Å²) < 4.78 is 68.5. The lowest BCUT2D eigenvalue weighted by molar-refractivity contribution is -0.274. The van der Waals surface area contributed by atoms with Crippen molar-refractivity contribution in [2.75, 3.05) is 26.2 Å². The maximum atomic E-state index is 12.9. The van der Waals surface area contributed by atoms with E-state index in [9.17, 15) is 26.4 Å². The predicted molar refractivity (Wildman–Crippen MR) is 115 cm³/mol. The molecule has 33 heavy (non-hydrogen) atoms. The summed E-state index contributed by atoms with van der Waals surface area (Å²) >= 11 is 0. The Kier molecular flexibility index (Phi) is 7.20. The summed E-state index contributed by atoms with van der Waals surface area (Å²) in [6, 6.07) is 4.51. The van der Waals surface area contributed by atoms with Crippen molar-refractivity contribution in [3.63, 3.8) is 0 Å². The SMILES string of the molecule is O=C([C@H]1CC[C@H](NS(=O)(=O)c2ccc(OC(F)(F)F)cc2)CC1)N1CCN(C2CCC2)CC1. The third-order valence-corrected chi connectivity index (χ3v) is 8.52. The van der Waals surface area contributed by atoms with Crippen LogP contribution < -0.4 is 9.46 Å². The maximum Gasteiger partial charge on any atom is 0.573 e. The van der Waals surface area contributed by atoms with Crippen molar-refractivity contribution in [2.45, 2.75) is 68.3 Å². The number of carbonyl (C=O) groups excluding carboxylic acids is 1. The summed E-state index contributed by atoms with van der Waals surface area (Å²) in [5, 5.41) is 0. The smallest absolute Gasteiger partial charge is 0.406 e. The second kappa shape index (κ2) is 9.79. The minimum absolute atomic E-state index is 0.0835. The van der Waals surface area contributed by atoms with Gasteiger partial charge in [0.05, 0.1) is 4.90 Å². The summed E-state index contributed by atoms with van der Waals surface area (Å²) in [5.41, 5.74) is 0. The van der Waals surface area contributed by atoms with Crippen molar-refractivity contribution in [3.8, 4) is 5.75 Å². The van der Waals surface area contributed by atoms with E-state index in [4.69, 9.17) is 0 Å². The molecule has 3 fully saturated rings. The highest BCUT2D eigenvalue weighted by Gasteiger charge is 2.35. The molecule has 0 atom stereocenters. The highest BCUT2D eigenvalue weighted by Crippen LogP contribution is 2.30. The van der Waals surface area contributed by atoms with Gasteiger partial charge in [-0.05, 0) is 62.8 Å². The molecule has 1 aliphatic heterocycles. The molecule has 1 amide bonds. The van der Waals surface area contributed by atoms with Gasteiger partial charge in [-0.25, -0.2) is 13.1 Å². The van der Waals surface area contributed by atoms with E-state index in [1.54, 1.807) is 0 Å². The summed E-state index contributed by atoms with van der Waals surface area (Å²) in [5.74, 6) is -0.390. The molecule has 11 heteroatoms. The summed E-state index contributed by atoms with van der Waals surface area (Å²) in [4.78, 5) is 17.2. The Morgan fingerprint density at radius 2 is 1.55 bits per heavy atom. The number of sulfonamides is 1. The van der Waals surface area contributed by atoms with Gasteiger partial charge in [0.2, 0.25) is 15.9 Å². The molecule has 0 radical (unpaired) electrons. The first-order valence-corrected chi connectivity index (χ1v) is 13.0. The molecule has 0 aromatic heterocycles. The van der Waals surface area contributed by atoms with Crippen LogP contribution in [-0.4, -0.2) is 68.7 Å². The molecule has 0 unspecified atom stereocenters. The van der Waals surface area contributed by atoms with Gasteiger partial charge in [-0.1, -0.05) is 6.42 Å². The molecular formula is C22H30F3N3O4S. The van der Waals surface area contributed by atoms with Gasteiger partial charge in [-0.15, -0.1) is 13.2 Å². The largest absolute Gasteiger partial charge is 0.573 e. The highest BCUT2D eigenvalue weighted by molar-refractivity contribution is 7.89. The van der Waals surface area contributed by atoms with Crippen LogP contribution in [0.4, 0.5) is 13.2 Å². The molecule has 0 spiro atoms. The van der Waals surface area contributed by atoms with E-state index in [1.807, 2.05) is 4.90 Å². The van der Waals surface area contributed by atoms with Crippen molar-refractivity contribution in [1.29, 1.82) is 0 Å². The van der Waals surface area contributed by atoms with Crippen molar-refractivity contribution in [3.05, 3.63) is 24.3 Å². The highest BCUT2D eigenvalue weighted by atomic mass is 32.2. The number of ether oxygens (including phenoxy) is 1. The number of rotatable bonds is 6. The van der Waals surface area contributed by atoms with Crippen LogP contribution in [0.3, 0.4) is 0 Å². The number of piperazine rings is 1. The number of amides is 1. The Labute approximate surface area is 192 Å². The first kappa shape index (κ1) is 24.3. The third-order valence-electron chi connectivity index (χ3n) is 6.98. The number of nitrogens with one attached hydrogen (secondary N) is 1. The fraction of sp³-hybridized carbons (Fsp3) is 0.682. The number of benzene rings is 1. The van der Waals surface area contributed by atoms with E-state index < -0.39 is 22.1 Å². The Morgan fingerprint density at radius 3 is 2.06 bits per heavy atom. The quantitative estimate of drug-likeness (QED) is 0.665. The molecule has 7 nitrogen and oxygen atoms in total. The molecule has 1 heterocycles. The first-order valence-electron chi connectivity index (χ1n) is 11.5. The van der Waals surface area contributed by atoms with Crippen molar-refractivity contribution < 1.29 is 31.1 Å². The molecule has 0 bridgehead atoms. The lowest BCUT2D eigenvalue weighted by atomic mass is 9.85. The molecule has 2 aliphatic carbocycles. The van der Waals surface area contributed by atoms with E-state index in [1.165, 1.54) is 19.3 Å². The van der Waals surface area contributed by atoms with Gasteiger partial charge < -0.3 is 9.64 Å². The molecule has 1 N–H and O–H groups in total. The van der Waals surface area contributed by atoms with Crippen LogP contribution in [0.15, 0.2) is 29.2 Å². The molecule has 184 valence electrons. The van der Waals surface area contributed by atoms with Crippen LogP contribution in [0, 0.1) is 5.92 Å². The molecular weight excluding hydrogens is 459 g/mol. The average Bonchev–Trinajstić information content (AvgIpc) is 2.72. The Balaban J connectivity index is 1.24. The zero-order valence-electron chi connectivity index (χ0n) is 18.4. The van der Waals surface area contributed by atoms with Crippen LogP contribution in [-0.2, 0) is 14.8 Å². The molecule has 4 rings (SSSR count). The third kappa shape index (κ3) is 6.19. The second-order valence-electron chi connectivity index (χ2n) is 9.14. The van der Waals surface area contributed by atoms with Crippen LogP contribution in [0.5, 0.6) is 5.75 Å². The Bertz CT molecular complexity index is 919. The van der Waals surface area contributed by atoms with Crippen LogP contribution in [0.1, 0.15) is 44.9 Å². The molecule has 1 aromatic carbocycles. The summed E-state index contributed by atoms with van der Waals surface area (Å²) in [6.45, 7) is 3.38. The van der Waals surface area contributed by atoms with Crippen LogP contribution >= 0.6 is 0 Å². The number of hydrogen-bond acceptors (Lipinski definition) is 5. The van der Waals surface area contributed by atoms with Gasteiger partial charge in [-0.2, -0.15) is 0 Å². The van der Waals surface area contributed by atoms with Crippen LogP contribution in [0.25, 0.3) is 0 Å². The van der Waals surface area contributed by atoms with Gasteiger partial charge in [0.1, 0.15) is 5.75 Å². The minimum Gasteiger partial charge on any atom is -0.406 e. The number of alkyl halides is 3. The fourth-order valence-corrected chi connectivity index (χ4v) is 6.19. The number of carbonyl (C=O) groups is 1. The van der Waals surface area contributed by atoms with Gasteiger partial charge >= 0.3 is 6.36 Å². The van der Waals surface area contributed by atoms with Gasteiger partial charge in [0.15, 0.2) is 0 Å². The lowest BCUT2D eigenvalue weighted by Gasteiger charge is -2.44. The van der Waals surface area contributed by atoms with Crippen molar-refractivity contribution in [2.24, 2.45) is 5.92 Å². The number of nitrogens with zero attached hydrogens (tertiary/aromatic N) is 2. The Morgan fingerprint density at radius 1 is 0.939 bits per heavy atom. The van der Waals surface area contributed by atoms with Gasteiger partial charge in [0.25, 0.3) is 0 Å². The zero-order valence-corrected chi connectivity index (χ0v) is 19.2. The van der Waals surface area contributed by atoms with E-state index in [-0.39, 0.29) is 22.8 Å². The normalized spacial score (nSPS) is 25.5. The topological polar surface area (TPSA) is 78.9 Å². The summed E-state index contributed by atoms with van der Waals surface area (Å²) in [7, 11) is -3.88. The van der Waals surface area contributed by atoms with Crippen molar-refractivity contribution >= 4 is 15.9 Å². The lowest BCUT2D eigenvalue weighted by Crippen LogP contribution is -2.54. The first-order chi connectivity index (χ1) is 15.6. The fourth-order valence-electron chi connectivity index (χ4n) is 4.88. The van der Waals surface area contributed by atoms with E-state index in [0.29, 0.717) is 31.7 Å². The van der Waals surface area contributed by atoms with Gasteiger partial charge in [0, 0.05) is 44.2 Å². The van der Waals surface area contributed by atoms with Crippen molar-refractivity contribution in [1.82, 2.24) is 14.5 Å². The van der Waals surface area contributed by atoms with E-state index in [0.717, 1.165) is 50.4 Å². The number of halogens is 3. The second-order valence-corrected chi connectivity index (χ2v) is 10.8. The standard InChI is InChI=1S/C22H30F3N3O4S/c23-22(24,25)32-19-8-10-20(11-9-19)33(30,31)26-17-6-4-16(5-7-17)21(29)28-14-12-27(13-15-28)18-2-1-3-18/h8-11,16-18,26H,1-7,12-15H2/t16-,17-. The molecule has 3 aliphatic rings. The molecule has 1 saturated heterocycles. The summed E-state index contributed by atoms with van der Waals surface area (Å²) in [6.07, 6.45) is 1.33. The predicted octanol–water partition coefficient (Wildman–Crippen LogP) is 3.12. The minimum atomic E-state index is -4.83. The van der Waals surface area contributed by atoms with Crippen LogP contribution in [0.2, 0.25) is 0 Å². The average molecular weight is 490 g/mol. The zero-order chi connectivity index (χ0) is 23.6. The molecule has 1 aromatic rings. The van der Waals surface area contributed by atoms with E-state index >= 15 is 0 Å². The number of hydrogen-bond donors (Lipinski definition) is 1. The maximum absolute atomic E-state index is 12.9. The van der Waals surface area contributed by atoms with Gasteiger partial charge in [-0.3, -0.25) is 9.69 Å².